The van der Waals surface area contributed by atoms with E-state index in [0.29, 0.717) is 110 Å². The molecule has 0 fully saturated rings. The molecule has 0 bridgehead atoms. The van der Waals surface area contributed by atoms with Gasteiger partial charge in [-0.25, -0.2) is 0 Å². The van der Waals surface area contributed by atoms with Gasteiger partial charge in [0, 0.05) is 71.6 Å². The van der Waals surface area contributed by atoms with Crippen molar-refractivity contribution in [2.75, 3.05) is 130 Å². The van der Waals surface area contributed by atoms with Gasteiger partial charge < -0.3 is 122 Å². The third kappa shape index (κ3) is 48.9. The fraction of sp³-hybridized carbons (Fsp3) is 0.708. The van der Waals surface area contributed by atoms with Crippen molar-refractivity contribution < 1.29 is 86.7 Å². The summed E-state index contributed by atoms with van der Waals surface area (Å²) in [6, 6.07) is 0.683. The summed E-state index contributed by atoms with van der Waals surface area (Å²) in [6.45, 7) is 17.2. The van der Waals surface area contributed by atoms with Crippen LogP contribution < -0.4 is 92.5 Å². The maximum atomic E-state index is 13.3. The molecule has 24 N–H and O–H groups in total. The van der Waals surface area contributed by atoms with E-state index in [9.17, 15) is 67.7 Å². The van der Waals surface area contributed by atoms with Gasteiger partial charge >= 0.3 is 5.97 Å². The van der Waals surface area contributed by atoms with Crippen LogP contribution >= 0.6 is 11.8 Å². The minimum absolute atomic E-state index is 0.0195. The van der Waals surface area contributed by atoms with E-state index in [1.54, 1.807) is 20.1 Å². The van der Waals surface area contributed by atoms with Crippen molar-refractivity contribution in [3.05, 3.63) is 35.9 Å². The number of aliphatic hydroxyl groups excluding tert-OH is 1. The topological polar surface area (TPSA) is 569 Å². The number of nitrogens with one attached hydrogen (secondary N) is 12. The number of rotatable bonds is 57. The van der Waals surface area contributed by atoms with Crippen LogP contribution in [0.2, 0.25) is 0 Å². The minimum atomic E-state index is -1.67. The number of aliphatic carboxylic acids is 1. The van der Waals surface area contributed by atoms with E-state index in [1.165, 1.54) is 18.7 Å². The molecule has 0 aromatic heterocycles. The van der Waals surface area contributed by atoms with Gasteiger partial charge in [-0.2, -0.15) is 11.8 Å². The fourth-order valence-corrected chi connectivity index (χ4v) is 9.75. The highest BCUT2D eigenvalue weighted by molar-refractivity contribution is 7.98. The Balaban J connectivity index is 0.00000203. The number of aliphatic hydroxyl groups is 1. The number of carboxylic acid groups (broad SMARTS) is 1. The number of benzene rings is 1. The number of thioether (sulfide) groups is 1. The number of ether oxygens (including phenoxy) is 4. The molecule has 0 saturated carbocycles. The number of aliphatic imine (C=N–C) groups is 1. The maximum absolute atomic E-state index is 13.3. The van der Waals surface area contributed by atoms with E-state index in [4.69, 9.17) is 47.6 Å². The average molecular weight is 1470 g/mol. The number of primary amides is 1. The second kappa shape index (κ2) is 57.6. The monoisotopic (exact) mass is 1470 g/mol. The first-order valence-electron chi connectivity index (χ1n) is 34.2. The van der Waals surface area contributed by atoms with Crippen molar-refractivity contribution >= 4 is 88.7 Å². The summed E-state index contributed by atoms with van der Waals surface area (Å²) in [5, 5.41) is 51.0. The van der Waals surface area contributed by atoms with Gasteiger partial charge in [-0.3, -0.25) is 62.5 Å². The average Bonchev–Trinajstić information content (AvgIpc) is 0.872. The molecule has 0 heterocycles. The fourth-order valence-electron chi connectivity index (χ4n) is 9.28. The third-order valence-corrected chi connectivity index (χ3v) is 15.0. The molecule has 0 spiro atoms. The van der Waals surface area contributed by atoms with Crippen molar-refractivity contribution in [1.29, 1.82) is 0 Å². The van der Waals surface area contributed by atoms with Crippen molar-refractivity contribution in [2.24, 2.45) is 51.4 Å². The van der Waals surface area contributed by atoms with Crippen LogP contribution in [0.15, 0.2) is 35.3 Å². The number of nitrogens with two attached hydrogens (primary N) is 5. The summed E-state index contributed by atoms with van der Waals surface area (Å²) in [4.78, 5) is 154. The van der Waals surface area contributed by atoms with Gasteiger partial charge in [0.2, 0.25) is 65.0 Å². The molecule has 36 nitrogen and oxygen atoms in total. The summed E-state index contributed by atoms with van der Waals surface area (Å²) in [6.07, 6.45) is 3.30. The van der Waals surface area contributed by atoms with Crippen molar-refractivity contribution in [2.45, 2.75) is 148 Å². The van der Waals surface area contributed by atoms with Crippen LogP contribution in [-0.2, 0) is 82.9 Å². The molecule has 1 aromatic rings. The van der Waals surface area contributed by atoms with Crippen LogP contribution in [0.3, 0.4) is 0 Å². The summed E-state index contributed by atoms with van der Waals surface area (Å²) < 4.78 is 21.7. The van der Waals surface area contributed by atoms with E-state index >= 15 is 0 Å². The maximum Gasteiger partial charge on any atom is 0.305 e. The molecule has 0 radical (unpaired) electrons. The predicted octanol–water partition coefficient (Wildman–Crippen LogP) is -5.59. The second-order valence-corrected chi connectivity index (χ2v) is 25.7. The van der Waals surface area contributed by atoms with Crippen LogP contribution in [0.5, 0.6) is 0 Å². The number of amides is 11. The summed E-state index contributed by atoms with van der Waals surface area (Å²) in [5.41, 5.74) is 28.0. The standard InChI is InChI=1S/C36H67N11O8.C29H51N7O10S/c1-28(6-5-11-45-36(39)40)46-35(51)31(22-29-7-3-2-4-8-29)47-34(50)27-55-26-33(49)44-15-17-53-19-21-54-20-18-52-16-14-43-32(48)23-30(24-41-12-9-37)25-42-13-10-38;1-14(2)10-19(24(30)41)34-25(42)16(5)31-27(44)20(11-15(3)4)35-28(45)21(12-23(39)40)36-26(43)18(8-9-47-7)33-29(46)22(13-37)32-17(6)38/h2-4,7-8,28,30-31,41-42H,5-6,9-27,37-38H2,1H3,(H,43,48)(H,44,49)(H,46,51)(H,47,50)(H4,39,40,45);14-16,18-22,37H,8-13H2,1-7H3,(H2,30,41)(H,31,44)(H,32,38)(H,33,46)(H,34,42)(H,35,45)(H,36,43)(H,39,40)/t28?,31-;16-,18?,19?,20?,21-,22-/m00/s1. The number of hydrogen-bond donors (Lipinski definition) is 19. The molecular formula is C65H118N18O18S. The van der Waals surface area contributed by atoms with Crippen LogP contribution in [0.4, 0.5) is 0 Å². The van der Waals surface area contributed by atoms with Crippen LogP contribution in [0.25, 0.3) is 0 Å². The molecule has 11 amide bonds. The molecule has 1 aromatic carbocycles. The number of carbonyl (C=O) groups excluding carboxylic acids is 11. The highest BCUT2D eigenvalue weighted by Gasteiger charge is 2.34. The molecule has 1 rings (SSSR count). The Kier molecular flexibility index (Phi) is 53.2. The lowest BCUT2D eigenvalue weighted by atomic mass is 10.0. The van der Waals surface area contributed by atoms with E-state index in [0.717, 1.165) is 12.5 Å². The molecule has 0 aliphatic carbocycles. The van der Waals surface area contributed by atoms with Crippen LogP contribution in [0, 0.1) is 17.8 Å². The first-order valence-corrected chi connectivity index (χ1v) is 35.6. The first kappa shape index (κ1) is 94.1. The second-order valence-electron chi connectivity index (χ2n) is 24.7. The number of carboxylic acids is 1. The van der Waals surface area contributed by atoms with Gasteiger partial charge in [0.15, 0.2) is 5.96 Å². The van der Waals surface area contributed by atoms with Crippen molar-refractivity contribution in [1.82, 2.24) is 63.8 Å². The molecule has 0 aliphatic rings. The quantitative estimate of drug-likeness (QED) is 0.0164. The van der Waals surface area contributed by atoms with Crippen LogP contribution in [-0.4, -0.2) is 266 Å². The molecule has 37 heteroatoms. The summed E-state index contributed by atoms with van der Waals surface area (Å²) in [7, 11) is 0. The number of carbonyl (C=O) groups is 12. The van der Waals surface area contributed by atoms with Crippen LogP contribution in [0.1, 0.15) is 99.0 Å². The number of nitrogens with zero attached hydrogens (tertiary/aromatic N) is 1. The van der Waals surface area contributed by atoms with Gasteiger partial charge in [0.25, 0.3) is 0 Å². The smallest absolute Gasteiger partial charge is 0.305 e. The van der Waals surface area contributed by atoms with Gasteiger partial charge in [-0.15, -0.1) is 0 Å². The number of hydrogen-bond acceptors (Lipinski definition) is 23. The lowest BCUT2D eigenvalue weighted by Gasteiger charge is -2.27. The zero-order valence-corrected chi connectivity index (χ0v) is 61.3. The van der Waals surface area contributed by atoms with Crippen molar-refractivity contribution in [3.8, 4) is 0 Å². The van der Waals surface area contributed by atoms with Gasteiger partial charge in [0.1, 0.15) is 55.5 Å². The largest absolute Gasteiger partial charge is 0.481 e. The Hall–Kier alpha value is -7.88. The molecule has 0 aliphatic heterocycles. The Labute approximate surface area is 602 Å². The minimum Gasteiger partial charge on any atom is -0.481 e. The Morgan fingerprint density at radius 2 is 1.03 bits per heavy atom. The normalized spacial score (nSPS) is 13.4. The van der Waals surface area contributed by atoms with E-state index < -0.39 is 121 Å². The van der Waals surface area contributed by atoms with E-state index in [2.05, 4.69) is 68.8 Å². The zero-order chi connectivity index (χ0) is 76.8. The Morgan fingerprint density at radius 1 is 0.529 bits per heavy atom. The number of guanidine groups is 1. The lowest BCUT2D eigenvalue weighted by Crippen LogP contribution is -2.60. The summed E-state index contributed by atoms with van der Waals surface area (Å²) in [5.74, 6) is -7.91. The third-order valence-electron chi connectivity index (χ3n) is 14.3. The van der Waals surface area contributed by atoms with Gasteiger partial charge in [-0.1, -0.05) is 58.0 Å². The Morgan fingerprint density at radius 3 is 1.56 bits per heavy atom. The van der Waals surface area contributed by atoms with Gasteiger partial charge in [0.05, 0.1) is 52.7 Å². The Bertz CT molecular complexity index is 2660. The van der Waals surface area contributed by atoms with Gasteiger partial charge in [-0.05, 0) is 94.4 Å². The SMILES string of the molecule is CC(CCCN=C(N)N)NC(=O)[C@H](Cc1ccccc1)NC(=O)COCC(=O)NCCOCCOCCOCCNC(=O)CC(CNCCN)CNCCN.CSCCC(NC(=O)[C@H](CO)NC(C)=O)C(=O)N[C@@H](CC(=O)O)C(=O)NC(CC(C)C)C(=O)N[C@@H](C)C(=O)NC(CC(C)C)C(N)=O. The molecule has 0 saturated heterocycles. The zero-order valence-electron chi connectivity index (χ0n) is 60.5. The molecular weight excluding hydrogens is 1350 g/mol. The van der Waals surface area contributed by atoms with Crippen molar-refractivity contribution in [3.63, 3.8) is 0 Å². The predicted molar refractivity (Wildman–Crippen MR) is 384 cm³/mol. The van der Waals surface area contributed by atoms with E-state index in [-0.39, 0.29) is 87.0 Å². The highest BCUT2D eigenvalue weighted by Crippen LogP contribution is 2.11. The summed E-state index contributed by atoms with van der Waals surface area (Å²) >= 11 is 1.35. The molecule has 102 heavy (non-hydrogen) atoms. The highest BCUT2D eigenvalue weighted by atomic mass is 32.2. The molecule has 4 unspecified atom stereocenters. The van der Waals surface area contributed by atoms with E-state index in [1.807, 2.05) is 51.1 Å². The molecule has 8 atom stereocenters. The lowest BCUT2D eigenvalue weighted by molar-refractivity contribution is -0.141. The molecule has 582 valence electrons. The first-order chi connectivity index (χ1) is 48.5.